The molecule has 13 heteroatoms. The smallest absolute Gasteiger partial charge is 0.410 e. The zero-order chi connectivity index (χ0) is 39.6. The van der Waals surface area contributed by atoms with Crippen molar-refractivity contribution in [1.29, 1.82) is 0 Å². The largest absolute Gasteiger partial charge is 0.488 e. The van der Waals surface area contributed by atoms with Crippen molar-refractivity contribution in [3.8, 4) is 28.1 Å². The number of carbonyl (C=O) groups excluding carboxylic acids is 3. The van der Waals surface area contributed by atoms with Gasteiger partial charge in [0.15, 0.2) is 0 Å². The monoisotopic (exact) mass is 761 g/mol. The fourth-order valence-electron chi connectivity index (χ4n) is 8.59. The molecule has 0 aliphatic carbocycles. The maximum atomic E-state index is 13.8. The number of amides is 3. The van der Waals surface area contributed by atoms with E-state index in [0.717, 1.165) is 86.4 Å². The van der Waals surface area contributed by atoms with Gasteiger partial charge >= 0.3 is 12.2 Å². The molecule has 3 N–H and O–H groups in total. The zero-order valence-electron chi connectivity index (χ0n) is 33.4. The van der Waals surface area contributed by atoms with Gasteiger partial charge in [0, 0.05) is 23.5 Å². The van der Waals surface area contributed by atoms with Crippen LogP contribution in [0, 0.1) is 11.8 Å². The van der Waals surface area contributed by atoms with E-state index < -0.39 is 17.7 Å². The van der Waals surface area contributed by atoms with Crippen LogP contribution in [0.3, 0.4) is 0 Å². The molecular formula is C43H51N7O6. The molecule has 5 aromatic rings. The van der Waals surface area contributed by atoms with Crippen LogP contribution in [0.4, 0.5) is 9.59 Å². The molecule has 0 spiro atoms. The number of nitrogens with zero attached hydrogens (tertiary/aromatic N) is 4. The lowest BCUT2D eigenvalue weighted by Crippen LogP contribution is -2.52. The average molecular weight is 762 g/mol. The molecule has 3 aromatic carbocycles. The number of fused-ring (bicyclic) bond motifs is 6. The van der Waals surface area contributed by atoms with Crippen LogP contribution in [-0.4, -0.2) is 79.2 Å². The Morgan fingerprint density at radius 3 is 2.54 bits per heavy atom. The van der Waals surface area contributed by atoms with Gasteiger partial charge in [-0.1, -0.05) is 39.0 Å². The van der Waals surface area contributed by atoms with Crippen LogP contribution in [0.2, 0.25) is 0 Å². The molecule has 8 rings (SSSR count). The summed E-state index contributed by atoms with van der Waals surface area (Å²) in [6.45, 7) is 14.7. The summed E-state index contributed by atoms with van der Waals surface area (Å²) in [7, 11) is 1.30. The van der Waals surface area contributed by atoms with E-state index in [2.05, 4.69) is 64.7 Å². The number of alkyl carbamates (subject to hydrolysis) is 1. The first-order valence-corrected chi connectivity index (χ1v) is 19.6. The summed E-state index contributed by atoms with van der Waals surface area (Å²) in [5, 5.41) is 4.76. The molecule has 0 saturated carbocycles. The highest BCUT2D eigenvalue weighted by molar-refractivity contribution is 6.07. The van der Waals surface area contributed by atoms with E-state index in [9.17, 15) is 14.4 Å². The molecule has 3 amide bonds. The van der Waals surface area contributed by atoms with Gasteiger partial charge in [-0.15, -0.1) is 0 Å². The van der Waals surface area contributed by atoms with E-state index >= 15 is 0 Å². The molecule has 1 unspecified atom stereocenters. The number of ether oxygens (including phenoxy) is 3. The first kappa shape index (κ1) is 37.3. The second kappa shape index (κ2) is 14.2. The number of H-pyrrole nitrogens is 2. The fourth-order valence-corrected chi connectivity index (χ4v) is 8.59. The molecule has 0 radical (unpaired) electrons. The maximum Gasteiger partial charge on any atom is 0.410 e. The predicted molar refractivity (Wildman–Crippen MR) is 213 cm³/mol. The Balaban J connectivity index is 1.05. The summed E-state index contributed by atoms with van der Waals surface area (Å²) in [4.78, 5) is 59.6. The second-order valence-electron chi connectivity index (χ2n) is 17.0. The zero-order valence-corrected chi connectivity index (χ0v) is 33.4. The predicted octanol–water partition coefficient (Wildman–Crippen LogP) is 8.42. The summed E-state index contributed by atoms with van der Waals surface area (Å²) in [5.41, 5.74) is 6.18. The third-order valence-electron chi connectivity index (χ3n) is 11.4. The van der Waals surface area contributed by atoms with Crippen molar-refractivity contribution in [2.75, 3.05) is 13.7 Å². The Morgan fingerprint density at radius 2 is 1.79 bits per heavy atom. The van der Waals surface area contributed by atoms with Gasteiger partial charge in [0.2, 0.25) is 5.91 Å². The van der Waals surface area contributed by atoms with Crippen molar-refractivity contribution in [1.82, 2.24) is 35.1 Å². The van der Waals surface area contributed by atoms with Gasteiger partial charge in [-0.2, -0.15) is 0 Å². The van der Waals surface area contributed by atoms with E-state index in [1.807, 2.05) is 52.6 Å². The summed E-state index contributed by atoms with van der Waals surface area (Å²) in [5.74, 6) is 2.34. The molecule has 3 aliphatic heterocycles. The SMILES string of the molecule is COC(=O)N[C@H](C(=O)N1C(C)CC[C@H]1c1ncc(-c2ccc3c(c2)COc2cc4c(ccc5[nH]c([C@@H]6C[C@H](C)CN6C(=O)OC(C)(C)C)nc54)cc2-3)[nH]1)C(C)C. The molecule has 56 heavy (non-hydrogen) atoms. The van der Waals surface area contributed by atoms with Gasteiger partial charge in [0.25, 0.3) is 0 Å². The standard InChI is InChI=1S/C43H51N7O6/c1-22(2)36(48-41(52)54-8)40(51)50-24(4)9-14-33(50)38-44-19-32(46-38)26-10-12-28-27(16-26)21-55-35-18-29-25(17-30(28)35)11-13-31-37(29)47-39(45-31)34-15-23(3)20-49(34)42(53)56-43(5,6)7/h10-13,16-19,22-24,33-34,36H,9,14-15,20-21H2,1-8H3,(H,44,46)(H,45,47)(H,48,52)/t23-,24?,33-,34-,36-/m0/s1. The number of rotatable bonds is 6. The Labute approximate surface area is 326 Å². The van der Waals surface area contributed by atoms with Gasteiger partial charge in [-0.05, 0) is 105 Å². The number of likely N-dealkylation sites (tertiary alicyclic amines) is 2. The molecule has 13 nitrogen and oxygen atoms in total. The summed E-state index contributed by atoms with van der Waals surface area (Å²) >= 11 is 0. The second-order valence-corrected chi connectivity index (χ2v) is 17.0. The number of benzene rings is 3. The van der Waals surface area contributed by atoms with Gasteiger partial charge in [-0.25, -0.2) is 19.6 Å². The average Bonchev–Trinajstić information content (AvgIpc) is 3.97. The van der Waals surface area contributed by atoms with Crippen molar-refractivity contribution in [3.05, 3.63) is 65.9 Å². The molecule has 5 heterocycles. The summed E-state index contributed by atoms with van der Waals surface area (Å²) < 4.78 is 17.0. The van der Waals surface area contributed by atoms with Crippen molar-refractivity contribution in [3.63, 3.8) is 0 Å². The highest BCUT2D eigenvalue weighted by Gasteiger charge is 2.42. The number of nitrogens with one attached hydrogen (secondary N) is 3. The van der Waals surface area contributed by atoms with Crippen LogP contribution in [0.15, 0.2) is 48.7 Å². The van der Waals surface area contributed by atoms with Crippen LogP contribution in [0.1, 0.15) is 97.0 Å². The topological polar surface area (TPSA) is 155 Å². The number of carbonyl (C=O) groups is 3. The number of aromatic amines is 2. The van der Waals surface area contributed by atoms with E-state index in [-0.39, 0.29) is 36.0 Å². The van der Waals surface area contributed by atoms with E-state index in [1.54, 1.807) is 4.90 Å². The molecule has 3 aliphatic rings. The Kier molecular flexibility index (Phi) is 9.45. The van der Waals surface area contributed by atoms with Crippen molar-refractivity contribution in [2.24, 2.45) is 11.8 Å². The minimum absolute atomic E-state index is 0.00407. The quantitative estimate of drug-likeness (QED) is 0.156. The Bertz CT molecular complexity index is 2340. The van der Waals surface area contributed by atoms with Crippen molar-refractivity contribution < 1.29 is 28.6 Å². The lowest BCUT2D eigenvalue weighted by atomic mass is 9.92. The molecular weight excluding hydrogens is 711 g/mol. The third kappa shape index (κ3) is 6.81. The lowest BCUT2D eigenvalue weighted by molar-refractivity contribution is -0.137. The Hall–Kier alpha value is -5.59. The molecule has 0 bridgehead atoms. The summed E-state index contributed by atoms with van der Waals surface area (Å²) in [6, 6.07) is 13.6. The first-order chi connectivity index (χ1) is 26.7. The highest BCUT2D eigenvalue weighted by Crippen LogP contribution is 2.44. The van der Waals surface area contributed by atoms with E-state index in [0.29, 0.717) is 19.1 Å². The van der Waals surface area contributed by atoms with Gasteiger partial charge in [0.05, 0.1) is 42.1 Å². The van der Waals surface area contributed by atoms with Gasteiger partial charge in [0.1, 0.15) is 35.6 Å². The Morgan fingerprint density at radius 1 is 0.982 bits per heavy atom. The van der Waals surface area contributed by atoms with Crippen LogP contribution in [0.5, 0.6) is 5.75 Å². The third-order valence-corrected chi connectivity index (χ3v) is 11.4. The number of aromatic nitrogens is 4. The van der Waals surface area contributed by atoms with Crippen LogP contribution in [-0.2, 0) is 20.9 Å². The van der Waals surface area contributed by atoms with Crippen molar-refractivity contribution in [2.45, 2.75) is 104 Å². The number of imidazole rings is 2. The van der Waals surface area contributed by atoms with Crippen LogP contribution < -0.4 is 10.1 Å². The number of hydrogen-bond donors (Lipinski definition) is 3. The molecule has 5 atom stereocenters. The molecule has 294 valence electrons. The van der Waals surface area contributed by atoms with E-state index in [1.165, 1.54) is 7.11 Å². The normalized spacial score (nSPS) is 21.2. The first-order valence-electron chi connectivity index (χ1n) is 19.6. The maximum absolute atomic E-state index is 13.8. The van der Waals surface area contributed by atoms with Gasteiger partial charge in [-0.3, -0.25) is 9.69 Å². The van der Waals surface area contributed by atoms with Crippen molar-refractivity contribution >= 4 is 39.9 Å². The van der Waals surface area contributed by atoms with Gasteiger partial charge < -0.3 is 34.4 Å². The summed E-state index contributed by atoms with van der Waals surface area (Å²) in [6.07, 6.45) is 3.29. The number of methoxy groups -OCH3 is 1. The lowest BCUT2D eigenvalue weighted by Gasteiger charge is -2.32. The van der Waals surface area contributed by atoms with E-state index in [4.69, 9.17) is 24.2 Å². The molecule has 2 fully saturated rings. The fraction of sp³-hybridized carbons (Fsp3) is 0.465. The van der Waals surface area contributed by atoms with Crippen LogP contribution >= 0.6 is 0 Å². The minimum atomic E-state index is -0.707. The molecule has 2 saturated heterocycles. The highest BCUT2D eigenvalue weighted by atomic mass is 16.6. The molecule has 2 aromatic heterocycles. The number of hydrogen-bond acceptors (Lipinski definition) is 8. The minimum Gasteiger partial charge on any atom is -0.488 e. The van der Waals surface area contributed by atoms with Crippen LogP contribution in [0.25, 0.3) is 44.2 Å².